The van der Waals surface area contributed by atoms with E-state index in [0.717, 1.165) is 10.4 Å². The number of fused-ring (bicyclic) bond motifs is 1. The summed E-state index contributed by atoms with van der Waals surface area (Å²) < 4.78 is 40.6. The van der Waals surface area contributed by atoms with Crippen LogP contribution in [0, 0.1) is 0 Å². The third kappa shape index (κ3) is 2.58. The van der Waals surface area contributed by atoms with Crippen molar-refractivity contribution in [2.45, 2.75) is 18.6 Å². The zero-order valence-corrected chi connectivity index (χ0v) is 11.0. The van der Waals surface area contributed by atoms with Crippen LogP contribution in [0.1, 0.15) is 18.0 Å². The van der Waals surface area contributed by atoms with E-state index in [-0.39, 0.29) is 24.4 Å². The van der Waals surface area contributed by atoms with Crippen molar-refractivity contribution < 1.29 is 18.0 Å². The van der Waals surface area contributed by atoms with E-state index < -0.39 is 12.2 Å². The fourth-order valence-corrected chi connectivity index (χ4v) is 2.70. The Balaban J connectivity index is 2.13. The number of nitrogens with zero attached hydrogens (tertiary/aromatic N) is 1. The molecule has 1 unspecified atom stereocenters. The van der Waals surface area contributed by atoms with Gasteiger partial charge in [0.25, 0.3) is 0 Å². The molecule has 2 aromatic rings. The molecule has 0 saturated carbocycles. The van der Waals surface area contributed by atoms with Gasteiger partial charge in [-0.3, -0.25) is 10.2 Å². The molecule has 1 N–H and O–H groups in total. The molecule has 1 amide bonds. The Morgan fingerprint density at radius 3 is 2.48 bits per heavy atom. The first-order valence-electron chi connectivity index (χ1n) is 6.57. The molecule has 1 fully saturated rings. The van der Waals surface area contributed by atoms with E-state index in [0.29, 0.717) is 5.39 Å². The van der Waals surface area contributed by atoms with Crippen molar-refractivity contribution in [1.82, 2.24) is 10.4 Å². The Hall–Kier alpha value is -2.08. The molecule has 0 radical (unpaired) electrons. The minimum Gasteiger partial charge on any atom is -0.288 e. The van der Waals surface area contributed by atoms with E-state index >= 15 is 0 Å². The second-order valence-electron chi connectivity index (χ2n) is 4.99. The molecule has 3 nitrogen and oxygen atoms in total. The highest BCUT2D eigenvalue weighted by Gasteiger charge is 2.47. The fraction of sp³-hybridized carbons (Fsp3) is 0.267. The Bertz CT molecular complexity index is 679. The van der Waals surface area contributed by atoms with Gasteiger partial charge in [-0.2, -0.15) is 13.2 Å². The van der Waals surface area contributed by atoms with Crippen molar-refractivity contribution in [2.24, 2.45) is 0 Å². The maximum Gasteiger partial charge on any atom is 0.409 e. The number of nitrogens with one attached hydrogen (secondary N) is 1. The third-order valence-corrected chi connectivity index (χ3v) is 3.59. The monoisotopic (exact) mass is 294 g/mol. The predicted octanol–water partition coefficient (Wildman–Crippen LogP) is 3.18. The lowest BCUT2D eigenvalue weighted by molar-refractivity contribution is -0.190. The zero-order valence-electron chi connectivity index (χ0n) is 11.0. The van der Waals surface area contributed by atoms with Crippen molar-refractivity contribution in [3.63, 3.8) is 0 Å². The molecular formula is C15H13F3N2O. The van der Waals surface area contributed by atoms with Crippen LogP contribution in [0.4, 0.5) is 13.2 Å². The van der Waals surface area contributed by atoms with Crippen LogP contribution >= 0.6 is 0 Å². The number of hydrazine groups is 1. The Morgan fingerprint density at radius 1 is 1.10 bits per heavy atom. The summed E-state index contributed by atoms with van der Waals surface area (Å²) in [6.07, 6.45) is -4.39. The molecule has 21 heavy (non-hydrogen) atoms. The number of carbonyl (C=O) groups excluding carboxylic acids is 1. The van der Waals surface area contributed by atoms with Crippen molar-refractivity contribution in [3.8, 4) is 0 Å². The molecule has 1 aliphatic rings. The van der Waals surface area contributed by atoms with Gasteiger partial charge in [-0.05, 0) is 16.3 Å². The molecule has 0 spiro atoms. The number of benzene rings is 2. The first kappa shape index (κ1) is 13.9. The number of halogens is 3. The van der Waals surface area contributed by atoms with Crippen LogP contribution < -0.4 is 5.43 Å². The van der Waals surface area contributed by atoms with Gasteiger partial charge in [0, 0.05) is 13.0 Å². The SMILES string of the molecule is O=C1CCN(C(c2cccc3ccccc23)C(F)(F)F)N1. The highest BCUT2D eigenvalue weighted by molar-refractivity contribution is 5.86. The molecule has 0 bridgehead atoms. The minimum atomic E-state index is -4.47. The number of carbonyl (C=O) groups is 1. The van der Waals surface area contributed by atoms with Gasteiger partial charge in [-0.1, -0.05) is 42.5 Å². The largest absolute Gasteiger partial charge is 0.409 e. The predicted molar refractivity (Wildman–Crippen MR) is 72.2 cm³/mol. The van der Waals surface area contributed by atoms with Crippen molar-refractivity contribution in [1.29, 1.82) is 0 Å². The highest BCUT2D eigenvalue weighted by atomic mass is 19.4. The van der Waals surface area contributed by atoms with Crippen LogP contribution in [0.25, 0.3) is 10.8 Å². The Morgan fingerprint density at radius 2 is 1.81 bits per heavy atom. The average molecular weight is 294 g/mol. The summed E-state index contributed by atoms with van der Waals surface area (Å²) in [5.74, 6) is -0.385. The minimum absolute atomic E-state index is 0.0478. The summed E-state index contributed by atoms with van der Waals surface area (Å²) in [6.45, 7) is 0.0478. The van der Waals surface area contributed by atoms with E-state index in [9.17, 15) is 18.0 Å². The van der Waals surface area contributed by atoms with E-state index in [1.807, 2.05) is 0 Å². The van der Waals surface area contributed by atoms with Crippen molar-refractivity contribution >= 4 is 16.7 Å². The van der Waals surface area contributed by atoms with Gasteiger partial charge in [0.05, 0.1) is 0 Å². The van der Waals surface area contributed by atoms with E-state index in [2.05, 4.69) is 5.43 Å². The average Bonchev–Trinajstić information content (AvgIpc) is 2.84. The van der Waals surface area contributed by atoms with Crippen LogP contribution in [0.2, 0.25) is 0 Å². The standard InChI is InChI=1S/C15H13F3N2O/c16-15(17,18)14(20-9-8-13(21)19-20)12-7-3-5-10-4-1-2-6-11(10)12/h1-7,14H,8-9H2,(H,19,21). The molecule has 6 heteroatoms. The van der Waals surface area contributed by atoms with Crippen LogP contribution in [0.3, 0.4) is 0 Å². The number of alkyl halides is 3. The van der Waals surface area contributed by atoms with Gasteiger partial charge in [0.15, 0.2) is 6.04 Å². The lowest BCUT2D eigenvalue weighted by atomic mass is 9.98. The summed E-state index contributed by atoms with van der Waals surface area (Å²) in [7, 11) is 0. The number of amides is 1. The topological polar surface area (TPSA) is 32.3 Å². The maximum atomic E-state index is 13.5. The van der Waals surface area contributed by atoms with Crippen LogP contribution in [0.5, 0.6) is 0 Å². The van der Waals surface area contributed by atoms with Crippen LogP contribution in [0.15, 0.2) is 42.5 Å². The second kappa shape index (κ2) is 5.04. The summed E-state index contributed by atoms with van der Waals surface area (Å²) in [6, 6.07) is 9.94. The third-order valence-electron chi connectivity index (χ3n) is 3.59. The first-order valence-corrected chi connectivity index (χ1v) is 6.57. The van der Waals surface area contributed by atoms with Gasteiger partial charge < -0.3 is 0 Å². The summed E-state index contributed by atoms with van der Waals surface area (Å²) >= 11 is 0. The summed E-state index contributed by atoms with van der Waals surface area (Å²) in [5.41, 5.74) is 2.45. The lowest BCUT2D eigenvalue weighted by Crippen LogP contribution is -2.43. The number of hydrogen-bond donors (Lipinski definition) is 1. The van der Waals surface area contributed by atoms with Crippen LogP contribution in [-0.4, -0.2) is 23.6 Å². The molecule has 2 aromatic carbocycles. The molecule has 0 aliphatic carbocycles. The Kier molecular flexibility index (Phi) is 3.33. The van der Waals surface area contributed by atoms with Gasteiger partial charge in [-0.15, -0.1) is 0 Å². The number of hydrogen-bond acceptors (Lipinski definition) is 2. The Labute approximate surface area is 119 Å². The normalized spacial score (nSPS) is 18.0. The zero-order chi connectivity index (χ0) is 15.0. The van der Waals surface area contributed by atoms with Gasteiger partial charge >= 0.3 is 6.18 Å². The molecule has 1 aliphatic heterocycles. The van der Waals surface area contributed by atoms with E-state index in [1.54, 1.807) is 36.4 Å². The quantitative estimate of drug-likeness (QED) is 0.922. The molecule has 110 valence electrons. The summed E-state index contributed by atoms with van der Waals surface area (Å²) in [4.78, 5) is 11.3. The second-order valence-corrected chi connectivity index (χ2v) is 4.99. The summed E-state index contributed by atoms with van der Waals surface area (Å²) in [5, 5.41) is 2.27. The maximum absolute atomic E-state index is 13.5. The van der Waals surface area contributed by atoms with Crippen molar-refractivity contribution in [2.75, 3.05) is 6.54 Å². The molecule has 1 heterocycles. The molecule has 0 aromatic heterocycles. The number of rotatable bonds is 2. The molecule has 3 rings (SSSR count). The van der Waals surface area contributed by atoms with Crippen molar-refractivity contribution in [3.05, 3.63) is 48.0 Å². The molecule has 1 atom stereocenters. The van der Waals surface area contributed by atoms with E-state index in [1.165, 1.54) is 6.07 Å². The molecular weight excluding hydrogens is 281 g/mol. The van der Waals surface area contributed by atoms with E-state index in [4.69, 9.17) is 0 Å². The van der Waals surface area contributed by atoms with Gasteiger partial charge in [0.1, 0.15) is 0 Å². The van der Waals surface area contributed by atoms with Crippen LogP contribution in [-0.2, 0) is 4.79 Å². The molecule has 1 saturated heterocycles. The lowest BCUT2D eigenvalue weighted by Gasteiger charge is -2.30. The van der Waals surface area contributed by atoms with Gasteiger partial charge in [-0.25, -0.2) is 5.01 Å². The smallest absolute Gasteiger partial charge is 0.288 e. The highest BCUT2D eigenvalue weighted by Crippen LogP contribution is 2.40. The fourth-order valence-electron chi connectivity index (χ4n) is 2.70. The van der Waals surface area contributed by atoms with Gasteiger partial charge in [0.2, 0.25) is 5.91 Å². The first-order chi connectivity index (χ1) is 9.97.